The Morgan fingerprint density at radius 1 is 1.05 bits per heavy atom. The first-order valence-corrected chi connectivity index (χ1v) is 14.4. The predicted octanol–water partition coefficient (Wildman–Crippen LogP) is 5.25. The second-order valence-electron chi connectivity index (χ2n) is 9.87. The Hall–Kier alpha value is -2.32. The average Bonchev–Trinajstić information content (AvgIpc) is 3.24. The number of rotatable bonds is 12. The third-order valence-electron chi connectivity index (χ3n) is 7.43. The van der Waals surface area contributed by atoms with Gasteiger partial charge in [0.05, 0.1) is 25.9 Å². The number of methoxy groups -OCH3 is 1. The molecule has 2 aromatic rings. The van der Waals surface area contributed by atoms with Crippen molar-refractivity contribution < 1.29 is 24.5 Å². The van der Waals surface area contributed by atoms with Crippen LogP contribution in [-0.2, 0) is 16.1 Å². The highest BCUT2D eigenvalue weighted by Crippen LogP contribution is 2.37. The van der Waals surface area contributed by atoms with Crippen molar-refractivity contribution in [2.45, 2.75) is 57.0 Å². The Labute approximate surface area is 224 Å². The van der Waals surface area contributed by atoms with Gasteiger partial charge in [-0.3, -0.25) is 9.69 Å². The van der Waals surface area contributed by atoms with Crippen molar-refractivity contribution in [2.75, 3.05) is 31.7 Å². The van der Waals surface area contributed by atoms with E-state index in [1.807, 2.05) is 23.9 Å². The smallest absolute Gasteiger partial charge is 0.303 e. The largest absolute Gasteiger partial charge is 0.497 e. The number of ether oxygens (including phenoxy) is 2. The Bertz CT molecular complexity index is 1000. The number of thioether (sulfide) groups is 1. The maximum Gasteiger partial charge on any atom is 0.303 e. The van der Waals surface area contributed by atoms with Crippen LogP contribution in [0.1, 0.15) is 37.7 Å². The summed E-state index contributed by atoms with van der Waals surface area (Å²) >= 11 is 1.98. The van der Waals surface area contributed by atoms with E-state index in [0.29, 0.717) is 19.4 Å². The standard InChI is InChI=1S/C30H39NO5S/c1-35-25-14-12-24(13-15-25)23-10-8-22(9-11-23)21-36-28-20-27(32)30(31-16-18-37-19-17-31)26(28)6-4-2-3-5-7-29(33)34/h2,4,8-15,26-28,30,32H,3,5-7,16-21H2,1H3,(H,33,34). The minimum Gasteiger partial charge on any atom is -0.497 e. The number of allylic oxidation sites excluding steroid dienone is 2. The number of hydrogen-bond donors (Lipinski definition) is 2. The van der Waals surface area contributed by atoms with Gasteiger partial charge in [-0.25, -0.2) is 0 Å². The number of aliphatic hydroxyl groups is 1. The fraction of sp³-hybridized carbons (Fsp3) is 0.500. The first kappa shape index (κ1) is 27.7. The predicted molar refractivity (Wildman–Crippen MR) is 149 cm³/mol. The molecule has 1 aliphatic heterocycles. The number of unbranched alkanes of at least 4 members (excludes halogenated alkanes) is 1. The number of carbonyl (C=O) groups is 1. The summed E-state index contributed by atoms with van der Waals surface area (Å²) < 4.78 is 11.7. The van der Waals surface area contributed by atoms with Crippen LogP contribution < -0.4 is 4.74 Å². The fourth-order valence-corrected chi connectivity index (χ4v) is 6.38. The van der Waals surface area contributed by atoms with E-state index in [2.05, 4.69) is 53.5 Å². The van der Waals surface area contributed by atoms with Crippen LogP contribution in [0.3, 0.4) is 0 Å². The molecule has 0 bridgehead atoms. The van der Waals surface area contributed by atoms with Gasteiger partial charge in [-0.15, -0.1) is 0 Å². The van der Waals surface area contributed by atoms with Crippen molar-refractivity contribution in [2.24, 2.45) is 5.92 Å². The molecule has 0 radical (unpaired) electrons. The molecule has 6 nitrogen and oxygen atoms in total. The van der Waals surface area contributed by atoms with E-state index >= 15 is 0 Å². The lowest BCUT2D eigenvalue weighted by atomic mass is 9.95. The molecule has 7 heteroatoms. The van der Waals surface area contributed by atoms with Gasteiger partial charge >= 0.3 is 5.97 Å². The first-order valence-electron chi connectivity index (χ1n) is 13.3. The quantitative estimate of drug-likeness (QED) is 0.290. The third-order valence-corrected chi connectivity index (χ3v) is 8.37. The number of carboxylic acid groups (broad SMARTS) is 1. The number of benzene rings is 2. The van der Waals surface area contributed by atoms with E-state index in [4.69, 9.17) is 14.6 Å². The maximum absolute atomic E-state index is 11.1. The minimum absolute atomic E-state index is 0.0143. The molecule has 1 heterocycles. The lowest BCUT2D eigenvalue weighted by molar-refractivity contribution is -0.137. The molecule has 4 atom stereocenters. The molecular weight excluding hydrogens is 486 g/mol. The van der Waals surface area contributed by atoms with Gasteiger partial charge in [0, 0.05) is 49.4 Å². The molecule has 200 valence electrons. The molecule has 0 spiro atoms. The van der Waals surface area contributed by atoms with Crippen LogP contribution in [0, 0.1) is 5.92 Å². The van der Waals surface area contributed by atoms with E-state index < -0.39 is 12.1 Å². The Morgan fingerprint density at radius 3 is 2.38 bits per heavy atom. The molecular formula is C30H39NO5S. The highest BCUT2D eigenvalue weighted by molar-refractivity contribution is 7.99. The number of aliphatic hydroxyl groups excluding tert-OH is 1. The summed E-state index contributed by atoms with van der Waals surface area (Å²) in [6.45, 7) is 2.53. The molecule has 2 N–H and O–H groups in total. The second kappa shape index (κ2) is 14.0. The summed E-state index contributed by atoms with van der Waals surface area (Å²) in [5, 5.41) is 19.9. The van der Waals surface area contributed by atoms with E-state index in [-0.39, 0.29) is 24.5 Å². The van der Waals surface area contributed by atoms with Crippen molar-refractivity contribution in [3.63, 3.8) is 0 Å². The first-order chi connectivity index (χ1) is 18.0. The zero-order valence-electron chi connectivity index (χ0n) is 21.6. The topological polar surface area (TPSA) is 79.2 Å². The summed E-state index contributed by atoms with van der Waals surface area (Å²) in [5.41, 5.74) is 3.41. The zero-order chi connectivity index (χ0) is 26.0. The van der Waals surface area contributed by atoms with Gasteiger partial charge in [0.2, 0.25) is 0 Å². The van der Waals surface area contributed by atoms with Gasteiger partial charge in [0.25, 0.3) is 0 Å². The van der Waals surface area contributed by atoms with Crippen molar-refractivity contribution in [3.05, 3.63) is 66.2 Å². The van der Waals surface area contributed by atoms with E-state index in [9.17, 15) is 9.90 Å². The normalized spacial score (nSPS) is 24.5. The maximum atomic E-state index is 11.1. The molecule has 4 rings (SSSR count). The minimum atomic E-state index is -0.749. The molecule has 4 unspecified atom stereocenters. The number of carboxylic acids is 1. The van der Waals surface area contributed by atoms with Crippen molar-refractivity contribution in [1.29, 1.82) is 0 Å². The summed E-state index contributed by atoms with van der Waals surface area (Å²) in [6.07, 6.45) is 6.94. The van der Waals surface area contributed by atoms with Crippen molar-refractivity contribution >= 4 is 17.7 Å². The van der Waals surface area contributed by atoms with Gasteiger partial charge in [0.1, 0.15) is 5.75 Å². The van der Waals surface area contributed by atoms with Gasteiger partial charge in [-0.1, -0.05) is 48.6 Å². The highest BCUT2D eigenvalue weighted by atomic mass is 32.2. The highest BCUT2D eigenvalue weighted by Gasteiger charge is 2.45. The number of aliphatic carboxylic acids is 1. The molecule has 0 amide bonds. The fourth-order valence-electron chi connectivity index (χ4n) is 5.45. The van der Waals surface area contributed by atoms with E-state index in [0.717, 1.165) is 59.9 Å². The second-order valence-corrected chi connectivity index (χ2v) is 11.1. The van der Waals surface area contributed by atoms with Crippen LogP contribution in [0.15, 0.2) is 60.7 Å². The SMILES string of the molecule is COc1ccc(-c2ccc(COC3CC(O)C(N4CCSCC4)C3CC=CCCCC(=O)O)cc2)cc1. The summed E-state index contributed by atoms with van der Waals surface area (Å²) in [5.74, 6) is 2.52. The van der Waals surface area contributed by atoms with Crippen LogP contribution in [-0.4, -0.2) is 71.0 Å². The van der Waals surface area contributed by atoms with Crippen LogP contribution in [0.2, 0.25) is 0 Å². The van der Waals surface area contributed by atoms with E-state index in [1.165, 1.54) is 0 Å². The molecule has 1 saturated carbocycles. The van der Waals surface area contributed by atoms with Crippen LogP contribution >= 0.6 is 11.8 Å². The van der Waals surface area contributed by atoms with E-state index in [1.54, 1.807) is 7.11 Å². The number of nitrogens with zero attached hydrogens (tertiary/aromatic N) is 1. The van der Waals surface area contributed by atoms with Crippen molar-refractivity contribution in [1.82, 2.24) is 4.90 Å². The Balaban J connectivity index is 1.38. The Kier molecular flexibility index (Phi) is 10.5. The van der Waals surface area contributed by atoms with Crippen LogP contribution in [0.4, 0.5) is 0 Å². The van der Waals surface area contributed by atoms with Gasteiger partial charge in [-0.2, -0.15) is 11.8 Å². The van der Waals surface area contributed by atoms with Crippen LogP contribution in [0.5, 0.6) is 5.75 Å². The molecule has 2 aliphatic rings. The third kappa shape index (κ3) is 7.84. The molecule has 2 aromatic carbocycles. The van der Waals surface area contributed by atoms with Crippen LogP contribution in [0.25, 0.3) is 11.1 Å². The lowest BCUT2D eigenvalue weighted by Crippen LogP contribution is -2.48. The van der Waals surface area contributed by atoms with Gasteiger partial charge < -0.3 is 19.7 Å². The van der Waals surface area contributed by atoms with Gasteiger partial charge in [-0.05, 0) is 48.1 Å². The Morgan fingerprint density at radius 2 is 1.73 bits per heavy atom. The molecule has 2 fully saturated rings. The molecule has 1 aliphatic carbocycles. The molecule has 1 saturated heterocycles. The number of hydrogen-bond acceptors (Lipinski definition) is 6. The molecule has 0 aromatic heterocycles. The summed E-state index contributed by atoms with van der Waals surface area (Å²) in [7, 11) is 1.67. The summed E-state index contributed by atoms with van der Waals surface area (Å²) in [4.78, 5) is 13.2. The monoisotopic (exact) mass is 525 g/mol. The zero-order valence-corrected chi connectivity index (χ0v) is 22.4. The van der Waals surface area contributed by atoms with Gasteiger partial charge in [0.15, 0.2) is 0 Å². The average molecular weight is 526 g/mol. The van der Waals surface area contributed by atoms with Crippen molar-refractivity contribution in [3.8, 4) is 16.9 Å². The summed E-state index contributed by atoms with van der Waals surface area (Å²) in [6, 6.07) is 16.6. The molecule has 37 heavy (non-hydrogen) atoms. The lowest BCUT2D eigenvalue weighted by Gasteiger charge is -2.37.